The molecule has 5 aromatic rings. The van der Waals surface area contributed by atoms with Gasteiger partial charge in [-0.15, -0.1) is 0 Å². The van der Waals surface area contributed by atoms with Gasteiger partial charge in [0.1, 0.15) is 0 Å². The van der Waals surface area contributed by atoms with Crippen LogP contribution in [0, 0.1) is 0 Å². The van der Waals surface area contributed by atoms with Crippen LogP contribution >= 0.6 is 15.8 Å². The minimum absolute atomic E-state index is 0.388. The third-order valence-electron chi connectivity index (χ3n) is 7.54. The largest absolute Gasteiger partial charge is 0.288 e. The molecule has 0 amide bonds. The molecule has 0 unspecified atom stereocenters. The van der Waals surface area contributed by atoms with Gasteiger partial charge in [0.05, 0.1) is 22.8 Å². The van der Waals surface area contributed by atoms with Crippen molar-refractivity contribution in [1.82, 2.24) is 4.98 Å². The Morgan fingerprint density at radius 1 is 0.455 bits per heavy atom. The third-order valence-corrected chi connectivity index (χ3v) is 12.8. The number of nitrogens with zero attached hydrogens (tertiary/aromatic N) is 3. The third kappa shape index (κ3) is 9.12. The summed E-state index contributed by atoms with van der Waals surface area (Å²) in [4.78, 5) is 14.8. The molecule has 0 saturated carbocycles. The molecular formula is C39H41N3P2. The van der Waals surface area contributed by atoms with Crippen molar-refractivity contribution in [2.45, 2.75) is 26.7 Å². The maximum atomic E-state index is 4.94. The lowest BCUT2D eigenvalue weighted by Crippen LogP contribution is -2.14. The molecule has 0 aliphatic heterocycles. The fourth-order valence-electron chi connectivity index (χ4n) is 5.20. The Labute approximate surface area is 265 Å². The van der Waals surface area contributed by atoms with Crippen LogP contribution in [0.25, 0.3) is 0 Å². The topological polar surface area (TPSA) is 37.6 Å². The summed E-state index contributed by atoms with van der Waals surface area (Å²) in [5.41, 5.74) is 3.84. The van der Waals surface area contributed by atoms with E-state index < -0.39 is 0 Å². The predicted octanol–water partition coefficient (Wildman–Crippen LogP) is 7.75. The molecule has 4 aromatic carbocycles. The van der Waals surface area contributed by atoms with Gasteiger partial charge in [-0.25, -0.2) is 4.98 Å². The Morgan fingerprint density at radius 3 is 1.09 bits per heavy atom. The quantitative estimate of drug-likeness (QED) is 0.0717. The molecule has 222 valence electrons. The van der Waals surface area contributed by atoms with Crippen LogP contribution in [0.3, 0.4) is 0 Å². The highest BCUT2D eigenvalue weighted by molar-refractivity contribution is 7.73. The van der Waals surface area contributed by atoms with Gasteiger partial charge >= 0.3 is 0 Å². The van der Waals surface area contributed by atoms with Gasteiger partial charge in [-0.1, -0.05) is 127 Å². The van der Waals surface area contributed by atoms with E-state index >= 15 is 0 Å². The Hall–Kier alpha value is -3.77. The molecule has 3 nitrogen and oxygen atoms in total. The van der Waals surface area contributed by atoms with Gasteiger partial charge in [0.2, 0.25) is 0 Å². The lowest BCUT2D eigenvalue weighted by Gasteiger charge is -2.18. The molecule has 44 heavy (non-hydrogen) atoms. The van der Waals surface area contributed by atoms with Crippen LogP contribution < -0.4 is 21.2 Å². The monoisotopic (exact) mass is 613 g/mol. The lowest BCUT2D eigenvalue weighted by molar-refractivity contribution is 0.935. The van der Waals surface area contributed by atoms with E-state index in [0.717, 1.165) is 61.1 Å². The Morgan fingerprint density at radius 2 is 0.773 bits per heavy atom. The van der Waals surface area contributed by atoms with E-state index in [2.05, 4.69) is 153 Å². The first-order chi connectivity index (χ1) is 21.7. The molecule has 0 saturated heterocycles. The molecular weight excluding hydrogens is 572 g/mol. The summed E-state index contributed by atoms with van der Waals surface area (Å²) in [6, 6.07) is 49.8. The Kier molecular flexibility index (Phi) is 12.2. The summed E-state index contributed by atoms with van der Waals surface area (Å²) in [7, 11) is -0.776. The van der Waals surface area contributed by atoms with Crippen molar-refractivity contribution in [2.75, 3.05) is 25.4 Å². The maximum Gasteiger partial charge on any atom is 0.0845 e. The number of hydrogen-bond acceptors (Lipinski definition) is 3. The van der Waals surface area contributed by atoms with Crippen LogP contribution in [0.5, 0.6) is 0 Å². The van der Waals surface area contributed by atoms with Crippen molar-refractivity contribution < 1.29 is 0 Å². The summed E-state index contributed by atoms with van der Waals surface area (Å²) >= 11 is 0. The maximum absolute atomic E-state index is 4.94. The molecule has 1 heterocycles. The van der Waals surface area contributed by atoms with Crippen LogP contribution in [-0.2, 0) is 0 Å². The zero-order valence-electron chi connectivity index (χ0n) is 25.8. The zero-order chi connectivity index (χ0) is 30.4. The van der Waals surface area contributed by atoms with Crippen LogP contribution in [0.15, 0.2) is 150 Å². The van der Waals surface area contributed by atoms with Crippen LogP contribution in [0.4, 0.5) is 0 Å². The second kappa shape index (κ2) is 16.9. The number of aromatic nitrogens is 1. The molecule has 0 spiro atoms. The first-order valence-corrected chi connectivity index (χ1v) is 18.5. The molecule has 0 aliphatic carbocycles. The molecule has 5 rings (SSSR count). The van der Waals surface area contributed by atoms with Crippen molar-refractivity contribution >= 4 is 48.5 Å². The van der Waals surface area contributed by atoms with Gasteiger partial charge in [-0.2, -0.15) is 0 Å². The van der Waals surface area contributed by atoms with E-state index in [1.54, 1.807) is 0 Å². The average Bonchev–Trinajstić information content (AvgIpc) is 3.09. The van der Waals surface area contributed by atoms with Crippen LogP contribution in [0.1, 0.15) is 38.1 Å². The Balaban J connectivity index is 1.17. The molecule has 1 aromatic heterocycles. The molecule has 5 heteroatoms. The average molecular weight is 614 g/mol. The van der Waals surface area contributed by atoms with Gasteiger partial charge in [0, 0.05) is 13.1 Å². The van der Waals surface area contributed by atoms with Crippen molar-refractivity contribution in [1.29, 1.82) is 0 Å². The van der Waals surface area contributed by atoms with Crippen molar-refractivity contribution in [3.63, 3.8) is 0 Å². The number of aliphatic imine (C=N–C) groups is 2. The Bertz CT molecular complexity index is 1420. The molecule has 0 bridgehead atoms. The second-order valence-electron chi connectivity index (χ2n) is 10.7. The van der Waals surface area contributed by atoms with E-state index in [9.17, 15) is 0 Å². The smallest absolute Gasteiger partial charge is 0.0845 e. The highest BCUT2D eigenvalue weighted by Crippen LogP contribution is 2.35. The van der Waals surface area contributed by atoms with E-state index in [-0.39, 0.29) is 15.8 Å². The van der Waals surface area contributed by atoms with Crippen LogP contribution in [0.2, 0.25) is 0 Å². The zero-order valence-corrected chi connectivity index (χ0v) is 27.5. The van der Waals surface area contributed by atoms with Crippen molar-refractivity contribution in [3.8, 4) is 0 Å². The fraction of sp³-hybridized carbons (Fsp3) is 0.205. The second-order valence-corrected chi connectivity index (χ2v) is 15.4. The van der Waals surface area contributed by atoms with Crippen molar-refractivity contribution in [3.05, 3.63) is 151 Å². The van der Waals surface area contributed by atoms with Gasteiger partial charge in [0.15, 0.2) is 0 Å². The molecule has 0 atom stereocenters. The van der Waals surface area contributed by atoms with Gasteiger partial charge in [0.25, 0.3) is 0 Å². The number of hydrogen-bond donors (Lipinski definition) is 0. The normalized spacial score (nSPS) is 12.2. The number of benzene rings is 4. The SMILES string of the molecule is C/C(=N\CCCP(c1ccccc1)c1ccccc1)c1cccc(/C(C)=N/CCCP(c2ccccc2)c2ccccc2)n1. The van der Waals surface area contributed by atoms with E-state index in [1.165, 1.54) is 21.2 Å². The van der Waals surface area contributed by atoms with Gasteiger partial charge in [-0.3, -0.25) is 9.98 Å². The summed E-state index contributed by atoms with van der Waals surface area (Å²) < 4.78 is 0. The minimum atomic E-state index is -0.388. The standard InChI is InChI=1S/C39H41N3P2/c1-32(40-28-16-30-43(34-18-7-3-8-19-34)35-20-9-4-10-21-35)38-26-15-27-39(42-38)33(2)41-29-17-31-44(36-22-11-5-12-23-36)37-24-13-6-14-25-37/h3-15,18-27H,16-17,28-31H2,1-2H3/b40-32+,41-33+. The van der Waals surface area contributed by atoms with E-state index in [4.69, 9.17) is 15.0 Å². The summed E-state index contributed by atoms with van der Waals surface area (Å²) in [5.74, 6) is 0. The highest BCUT2D eigenvalue weighted by Gasteiger charge is 2.14. The first-order valence-electron chi connectivity index (χ1n) is 15.4. The summed E-state index contributed by atoms with van der Waals surface area (Å²) in [6.07, 6.45) is 4.33. The molecule has 0 radical (unpaired) electrons. The van der Waals surface area contributed by atoms with Gasteiger partial charge in [-0.05, 0) is 88.2 Å². The number of rotatable bonds is 14. The predicted molar refractivity (Wildman–Crippen MR) is 196 cm³/mol. The van der Waals surface area contributed by atoms with Gasteiger partial charge < -0.3 is 0 Å². The van der Waals surface area contributed by atoms with Crippen LogP contribution in [-0.4, -0.2) is 41.8 Å². The molecule has 0 fully saturated rings. The number of pyridine rings is 1. The molecule has 0 aliphatic rings. The van der Waals surface area contributed by atoms with E-state index in [1.807, 2.05) is 0 Å². The van der Waals surface area contributed by atoms with Crippen molar-refractivity contribution in [2.24, 2.45) is 9.98 Å². The highest BCUT2D eigenvalue weighted by atomic mass is 31.1. The fourth-order valence-corrected chi connectivity index (χ4v) is 9.87. The summed E-state index contributed by atoms with van der Waals surface area (Å²) in [5, 5.41) is 5.70. The summed E-state index contributed by atoms with van der Waals surface area (Å²) in [6.45, 7) is 5.75. The lowest BCUT2D eigenvalue weighted by atomic mass is 10.2. The first kappa shape index (κ1) is 31.6. The van der Waals surface area contributed by atoms with E-state index in [0.29, 0.717) is 0 Å². The molecule has 0 N–H and O–H groups in total. The minimum Gasteiger partial charge on any atom is -0.288 e.